The lowest BCUT2D eigenvalue weighted by atomic mass is 9.94. The predicted octanol–water partition coefficient (Wildman–Crippen LogP) is 5.53. The number of nitrogens with one attached hydrogen (secondary N) is 1. The quantitative estimate of drug-likeness (QED) is 0.501. The highest BCUT2D eigenvalue weighted by Crippen LogP contribution is 2.40. The molecule has 5 nitrogen and oxygen atoms in total. The summed E-state index contributed by atoms with van der Waals surface area (Å²) < 4.78 is 6.84. The van der Waals surface area contributed by atoms with E-state index in [9.17, 15) is 15.0 Å². The Labute approximate surface area is 169 Å². The molecular weight excluding hydrogens is 466 g/mol. The van der Waals surface area contributed by atoms with E-state index in [4.69, 9.17) is 4.74 Å². The van der Waals surface area contributed by atoms with Crippen LogP contribution in [0.15, 0.2) is 45.3 Å². The molecule has 0 heterocycles. The number of phenolic OH excluding ortho intramolecular Hbond substituents is 1. The molecule has 3 N–H and O–H groups in total. The zero-order valence-electron chi connectivity index (χ0n) is 14.5. The Hall–Kier alpha value is -1.57. The topological polar surface area (TPSA) is 78.8 Å². The smallest absolute Gasteiger partial charge is 0.412 e. The summed E-state index contributed by atoms with van der Waals surface area (Å²) in [5.74, 6) is -0.193. The minimum Gasteiger partial charge on any atom is -0.506 e. The molecule has 0 fully saturated rings. The van der Waals surface area contributed by atoms with Crippen LogP contribution in [0.25, 0.3) is 0 Å². The summed E-state index contributed by atoms with van der Waals surface area (Å²) in [7, 11) is 0. The molecule has 0 saturated carbocycles. The van der Waals surface area contributed by atoms with Gasteiger partial charge in [0.1, 0.15) is 11.9 Å². The number of rotatable bonds is 6. The minimum absolute atomic E-state index is 0.00567. The van der Waals surface area contributed by atoms with Crippen molar-refractivity contribution in [3.05, 3.63) is 56.5 Å². The first-order chi connectivity index (χ1) is 12.3. The highest BCUT2D eigenvalue weighted by atomic mass is 79.9. The van der Waals surface area contributed by atoms with Crippen LogP contribution in [0.4, 0.5) is 10.5 Å². The summed E-state index contributed by atoms with van der Waals surface area (Å²) in [5.41, 5.74) is 2.17. The van der Waals surface area contributed by atoms with Crippen LogP contribution >= 0.6 is 31.9 Å². The second kappa shape index (κ2) is 9.39. The maximum Gasteiger partial charge on any atom is 0.412 e. The molecule has 2 aromatic rings. The lowest BCUT2D eigenvalue weighted by Gasteiger charge is -2.25. The van der Waals surface area contributed by atoms with Crippen molar-refractivity contribution in [1.82, 2.24) is 0 Å². The maximum atomic E-state index is 12.4. The van der Waals surface area contributed by atoms with E-state index < -0.39 is 12.2 Å². The van der Waals surface area contributed by atoms with Crippen LogP contribution in [0.5, 0.6) is 5.75 Å². The molecule has 140 valence electrons. The van der Waals surface area contributed by atoms with Gasteiger partial charge in [0.05, 0.1) is 4.47 Å². The number of carbonyl (C=O) groups is 1. The fraction of sp³-hybridized carbons (Fsp3) is 0.316. The van der Waals surface area contributed by atoms with Crippen molar-refractivity contribution in [3.8, 4) is 5.75 Å². The van der Waals surface area contributed by atoms with E-state index in [2.05, 4.69) is 37.2 Å². The van der Waals surface area contributed by atoms with Crippen LogP contribution in [-0.4, -0.2) is 22.9 Å². The fourth-order valence-electron chi connectivity index (χ4n) is 2.54. The highest BCUT2D eigenvalue weighted by molar-refractivity contribution is 9.11. The number of benzene rings is 2. The average molecular weight is 487 g/mol. The van der Waals surface area contributed by atoms with E-state index in [0.29, 0.717) is 22.1 Å². The lowest BCUT2D eigenvalue weighted by Crippen LogP contribution is -2.22. The molecule has 0 spiro atoms. The number of hydrogen-bond donors (Lipinski definition) is 3. The van der Waals surface area contributed by atoms with Crippen LogP contribution in [-0.2, 0) is 4.74 Å². The summed E-state index contributed by atoms with van der Waals surface area (Å²) in [6, 6.07) is 10.8. The summed E-state index contributed by atoms with van der Waals surface area (Å²) in [6.45, 7) is 3.77. The molecule has 0 aromatic heterocycles. The first-order valence-electron chi connectivity index (χ1n) is 8.15. The van der Waals surface area contributed by atoms with Crippen molar-refractivity contribution in [1.29, 1.82) is 0 Å². The number of ether oxygens (including phenoxy) is 1. The van der Waals surface area contributed by atoms with Crippen molar-refractivity contribution >= 4 is 43.6 Å². The first kappa shape index (κ1) is 20.7. The predicted molar refractivity (Wildman–Crippen MR) is 108 cm³/mol. The Morgan fingerprint density at radius 3 is 2.50 bits per heavy atom. The zero-order valence-corrected chi connectivity index (χ0v) is 17.7. The molecule has 26 heavy (non-hydrogen) atoms. The second-order valence-electron chi connectivity index (χ2n) is 6.13. The number of aryl methyl sites for hydroxylation is 1. The van der Waals surface area contributed by atoms with Gasteiger partial charge in [0, 0.05) is 22.3 Å². The van der Waals surface area contributed by atoms with Gasteiger partial charge in [-0.25, -0.2) is 4.79 Å². The van der Waals surface area contributed by atoms with Gasteiger partial charge in [0.15, 0.2) is 0 Å². The van der Waals surface area contributed by atoms with Gasteiger partial charge in [-0.2, -0.15) is 0 Å². The van der Waals surface area contributed by atoms with Gasteiger partial charge < -0.3 is 14.9 Å². The lowest BCUT2D eigenvalue weighted by molar-refractivity contribution is 0.0651. The number of aromatic hydroxyl groups is 1. The molecule has 7 heteroatoms. The Morgan fingerprint density at radius 1 is 1.23 bits per heavy atom. The van der Waals surface area contributed by atoms with Crippen LogP contribution in [0, 0.1) is 12.8 Å². The molecule has 1 amide bonds. The Balaban J connectivity index is 2.25. The molecule has 2 rings (SSSR count). The van der Waals surface area contributed by atoms with E-state index in [0.717, 1.165) is 10.0 Å². The number of carbonyl (C=O) groups excluding carboxylic acids is 1. The van der Waals surface area contributed by atoms with E-state index in [1.165, 1.54) is 0 Å². The number of hydrogen-bond acceptors (Lipinski definition) is 4. The molecule has 0 radical (unpaired) electrons. The van der Waals surface area contributed by atoms with E-state index in [1.54, 1.807) is 24.3 Å². The number of aliphatic hydroxyl groups excluding tert-OH is 1. The molecular formula is C19H21Br2NO4. The molecule has 0 saturated heterocycles. The van der Waals surface area contributed by atoms with E-state index in [1.807, 2.05) is 26.0 Å². The van der Waals surface area contributed by atoms with Gasteiger partial charge in [-0.1, -0.05) is 40.5 Å². The number of amides is 1. The fourth-order valence-corrected chi connectivity index (χ4v) is 3.80. The maximum absolute atomic E-state index is 12.4. The third-order valence-electron chi connectivity index (χ3n) is 4.00. The second-order valence-corrected chi connectivity index (χ2v) is 7.90. The molecule has 0 unspecified atom stereocenters. The van der Waals surface area contributed by atoms with Gasteiger partial charge in [-0.05, 0) is 59.5 Å². The van der Waals surface area contributed by atoms with Crippen molar-refractivity contribution in [3.63, 3.8) is 0 Å². The SMILES string of the molecule is Cc1ccc(NC(=O)O[C@H](c2cc(Br)cc(Br)c2O)[C@H](C)CCO)cc1. The minimum atomic E-state index is -0.721. The van der Waals surface area contributed by atoms with Gasteiger partial charge >= 0.3 is 6.09 Å². The summed E-state index contributed by atoms with van der Waals surface area (Å²) >= 11 is 6.68. The zero-order chi connectivity index (χ0) is 19.3. The molecule has 2 aromatic carbocycles. The summed E-state index contributed by atoms with van der Waals surface area (Å²) in [5, 5.41) is 22.4. The molecule has 0 aliphatic carbocycles. The third kappa shape index (κ3) is 5.46. The monoisotopic (exact) mass is 485 g/mol. The van der Waals surface area contributed by atoms with Crippen molar-refractivity contribution in [2.45, 2.75) is 26.4 Å². The molecule has 0 bridgehead atoms. The van der Waals surface area contributed by atoms with Gasteiger partial charge in [-0.15, -0.1) is 0 Å². The molecule has 0 aliphatic rings. The van der Waals surface area contributed by atoms with E-state index in [-0.39, 0.29) is 18.3 Å². The largest absolute Gasteiger partial charge is 0.506 e. The van der Waals surface area contributed by atoms with Crippen molar-refractivity contribution in [2.75, 3.05) is 11.9 Å². The average Bonchev–Trinajstić information content (AvgIpc) is 2.58. The van der Waals surface area contributed by atoms with Crippen LogP contribution in [0.3, 0.4) is 0 Å². The summed E-state index contributed by atoms with van der Waals surface area (Å²) in [4.78, 5) is 12.4. The number of anilines is 1. The highest BCUT2D eigenvalue weighted by Gasteiger charge is 2.27. The first-order valence-corrected chi connectivity index (χ1v) is 9.73. The van der Waals surface area contributed by atoms with Crippen LogP contribution < -0.4 is 5.32 Å². The summed E-state index contributed by atoms with van der Waals surface area (Å²) in [6.07, 6.45) is -0.924. The normalized spacial score (nSPS) is 13.1. The van der Waals surface area contributed by atoms with E-state index >= 15 is 0 Å². The van der Waals surface area contributed by atoms with Crippen LogP contribution in [0.1, 0.15) is 30.6 Å². The number of aliphatic hydroxyl groups is 1. The third-order valence-corrected chi connectivity index (χ3v) is 5.06. The van der Waals surface area contributed by atoms with Crippen LogP contribution in [0.2, 0.25) is 0 Å². The van der Waals surface area contributed by atoms with Crippen molar-refractivity contribution < 1.29 is 19.7 Å². The number of halogens is 2. The van der Waals surface area contributed by atoms with Gasteiger partial charge in [-0.3, -0.25) is 5.32 Å². The van der Waals surface area contributed by atoms with Gasteiger partial charge in [0.25, 0.3) is 0 Å². The van der Waals surface area contributed by atoms with Crippen molar-refractivity contribution in [2.24, 2.45) is 5.92 Å². The Kier molecular flexibility index (Phi) is 7.49. The molecule has 2 atom stereocenters. The number of phenols is 1. The standard InChI is InChI=1S/C19H21Br2NO4/c1-11-3-5-14(6-4-11)22-19(25)26-18(12(2)7-8-23)15-9-13(20)10-16(21)17(15)24/h3-6,9-10,12,18,23-24H,7-8H2,1-2H3,(H,22,25)/t12-,18+/m1/s1. The van der Waals surface area contributed by atoms with Gasteiger partial charge in [0.2, 0.25) is 0 Å². The Bertz CT molecular complexity index is 765. The molecule has 0 aliphatic heterocycles. The Morgan fingerprint density at radius 2 is 1.88 bits per heavy atom.